The molecule has 7 N–H and O–H groups in total. The fourth-order valence-corrected chi connectivity index (χ4v) is 4.63. The van der Waals surface area contributed by atoms with Crippen LogP contribution in [0.25, 0.3) is 11.1 Å². The number of carbonyl (C=O) groups is 7. The standard InChI is InChI=1S/C33H45N7O8/c1-22(41)34-15-17-40(18-16-35-23(2)42)21-30(44)36-13-14-37-32(47)29(20-31(45)46)39-33(48)28(38-24(3)43)19-25-9-11-27(12-10-25)26-7-5-4-6-8-26/h4-12,28-29H,13-21H2,1-3H3,(H,34,41)(H,35,42)(H,36,44)(H,37,47)(H,38,43)(H,39,48)(H,45,46)/t28-,29-/m0/s1. The van der Waals surface area contributed by atoms with Crippen molar-refractivity contribution in [1.29, 1.82) is 0 Å². The summed E-state index contributed by atoms with van der Waals surface area (Å²) >= 11 is 0. The molecule has 15 heteroatoms. The summed E-state index contributed by atoms with van der Waals surface area (Å²) in [7, 11) is 0. The second-order valence-electron chi connectivity index (χ2n) is 11.1. The Kier molecular flexibility index (Phi) is 16.8. The fourth-order valence-electron chi connectivity index (χ4n) is 4.63. The van der Waals surface area contributed by atoms with Crippen LogP contribution in [0.4, 0.5) is 0 Å². The third-order valence-corrected chi connectivity index (χ3v) is 6.92. The fraction of sp³-hybridized carbons (Fsp3) is 0.424. The lowest BCUT2D eigenvalue weighted by Crippen LogP contribution is -2.55. The van der Waals surface area contributed by atoms with Gasteiger partial charge in [-0.25, -0.2) is 0 Å². The van der Waals surface area contributed by atoms with Crippen LogP contribution in [-0.4, -0.2) is 109 Å². The topological polar surface area (TPSA) is 215 Å². The summed E-state index contributed by atoms with van der Waals surface area (Å²) in [5, 5.41) is 24.9. The minimum absolute atomic E-state index is 0.0109. The van der Waals surface area contributed by atoms with Crippen LogP contribution in [0.15, 0.2) is 54.6 Å². The number of carboxylic acid groups (broad SMARTS) is 1. The molecule has 0 heterocycles. The molecule has 6 amide bonds. The maximum Gasteiger partial charge on any atom is 0.305 e. The summed E-state index contributed by atoms with van der Waals surface area (Å²) in [4.78, 5) is 86.1. The third kappa shape index (κ3) is 15.8. The van der Waals surface area contributed by atoms with E-state index in [1.165, 1.54) is 20.8 Å². The molecule has 2 aromatic carbocycles. The van der Waals surface area contributed by atoms with Gasteiger partial charge in [0.25, 0.3) is 0 Å². The second-order valence-corrected chi connectivity index (χ2v) is 11.1. The number of hydrogen-bond acceptors (Lipinski definition) is 8. The first kappa shape index (κ1) is 38.9. The van der Waals surface area contributed by atoms with Crippen LogP contribution >= 0.6 is 0 Å². The molecular formula is C33H45N7O8. The van der Waals surface area contributed by atoms with Crippen molar-refractivity contribution in [2.24, 2.45) is 0 Å². The zero-order chi connectivity index (χ0) is 35.5. The predicted molar refractivity (Wildman–Crippen MR) is 177 cm³/mol. The van der Waals surface area contributed by atoms with Crippen molar-refractivity contribution in [3.05, 3.63) is 60.2 Å². The van der Waals surface area contributed by atoms with Crippen molar-refractivity contribution in [3.63, 3.8) is 0 Å². The molecule has 15 nitrogen and oxygen atoms in total. The molecule has 0 spiro atoms. The molecule has 48 heavy (non-hydrogen) atoms. The summed E-state index contributed by atoms with van der Waals surface area (Å²) in [6, 6.07) is 14.6. The summed E-state index contributed by atoms with van der Waals surface area (Å²) in [5.74, 6) is -4.11. The average Bonchev–Trinajstić information content (AvgIpc) is 3.02. The van der Waals surface area contributed by atoms with Crippen LogP contribution in [0.2, 0.25) is 0 Å². The lowest BCUT2D eigenvalue weighted by Gasteiger charge is -2.23. The molecule has 0 bridgehead atoms. The highest BCUT2D eigenvalue weighted by atomic mass is 16.4. The van der Waals surface area contributed by atoms with Crippen LogP contribution in [0.3, 0.4) is 0 Å². The maximum atomic E-state index is 13.2. The van der Waals surface area contributed by atoms with Crippen LogP contribution < -0.4 is 31.9 Å². The van der Waals surface area contributed by atoms with Crippen molar-refractivity contribution in [3.8, 4) is 11.1 Å². The van der Waals surface area contributed by atoms with E-state index in [0.29, 0.717) is 26.2 Å². The largest absolute Gasteiger partial charge is 0.481 e. The van der Waals surface area contributed by atoms with Gasteiger partial charge in [-0.3, -0.25) is 38.5 Å². The zero-order valence-electron chi connectivity index (χ0n) is 27.5. The molecule has 0 saturated carbocycles. The van der Waals surface area contributed by atoms with Gasteiger partial charge in [-0.05, 0) is 16.7 Å². The Hall–Kier alpha value is -5.31. The molecule has 260 valence electrons. The highest BCUT2D eigenvalue weighted by molar-refractivity contribution is 5.93. The number of rotatable bonds is 20. The Bertz CT molecular complexity index is 1380. The lowest BCUT2D eigenvalue weighted by molar-refractivity contribution is -0.141. The van der Waals surface area contributed by atoms with Crippen molar-refractivity contribution in [1.82, 2.24) is 36.8 Å². The van der Waals surface area contributed by atoms with Gasteiger partial charge in [0, 0.05) is 66.5 Å². The van der Waals surface area contributed by atoms with E-state index in [9.17, 15) is 38.7 Å². The van der Waals surface area contributed by atoms with E-state index in [0.717, 1.165) is 16.7 Å². The van der Waals surface area contributed by atoms with Crippen molar-refractivity contribution in [2.45, 2.75) is 45.7 Å². The Morgan fingerprint density at radius 1 is 0.625 bits per heavy atom. The number of benzene rings is 2. The van der Waals surface area contributed by atoms with Gasteiger partial charge in [-0.1, -0.05) is 54.6 Å². The number of carbonyl (C=O) groups excluding carboxylic acids is 6. The number of aliphatic carboxylic acids is 1. The molecule has 2 aromatic rings. The van der Waals surface area contributed by atoms with Crippen LogP contribution in [-0.2, 0) is 40.0 Å². The van der Waals surface area contributed by atoms with Gasteiger partial charge >= 0.3 is 5.97 Å². The number of nitrogens with one attached hydrogen (secondary N) is 6. The first-order chi connectivity index (χ1) is 22.8. The molecule has 0 aliphatic heterocycles. The van der Waals surface area contributed by atoms with Gasteiger partial charge in [0.2, 0.25) is 35.4 Å². The number of hydrogen-bond donors (Lipinski definition) is 7. The van der Waals surface area contributed by atoms with E-state index in [-0.39, 0.29) is 43.8 Å². The smallest absolute Gasteiger partial charge is 0.305 e. The quantitative estimate of drug-likeness (QED) is 0.0876. The highest BCUT2D eigenvalue weighted by Gasteiger charge is 2.28. The van der Waals surface area contributed by atoms with E-state index in [1.54, 1.807) is 4.90 Å². The van der Waals surface area contributed by atoms with Gasteiger partial charge in [0.15, 0.2) is 0 Å². The molecule has 0 radical (unpaired) electrons. The summed E-state index contributed by atoms with van der Waals surface area (Å²) in [6.45, 7) is 5.25. The normalized spacial score (nSPS) is 11.8. The molecule has 2 rings (SSSR count). The zero-order valence-corrected chi connectivity index (χ0v) is 27.5. The summed E-state index contributed by atoms with van der Waals surface area (Å²) in [5.41, 5.74) is 2.72. The van der Waals surface area contributed by atoms with E-state index in [1.807, 2.05) is 54.6 Å². The van der Waals surface area contributed by atoms with Gasteiger partial charge < -0.3 is 37.0 Å². The molecule has 0 aliphatic rings. The summed E-state index contributed by atoms with van der Waals surface area (Å²) in [6.07, 6.45) is -0.610. The minimum Gasteiger partial charge on any atom is -0.481 e. The van der Waals surface area contributed by atoms with Gasteiger partial charge in [0.05, 0.1) is 13.0 Å². The van der Waals surface area contributed by atoms with Crippen LogP contribution in [0.1, 0.15) is 32.8 Å². The number of carboxylic acids is 1. The highest BCUT2D eigenvalue weighted by Crippen LogP contribution is 2.19. The van der Waals surface area contributed by atoms with Crippen LogP contribution in [0.5, 0.6) is 0 Å². The summed E-state index contributed by atoms with van der Waals surface area (Å²) < 4.78 is 0. The van der Waals surface area contributed by atoms with E-state index in [4.69, 9.17) is 0 Å². The monoisotopic (exact) mass is 667 g/mol. The second kappa shape index (κ2) is 20.7. The SMILES string of the molecule is CC(=O)NCCN(CCNC(C)=O)CC(=O)NCCNC(=O)[C@H](CC(=O)O)NC(=O)[C@H](Cc1ccc(-c2ccccc2)cc1)NC(C)=O. The Balaban J connectivity index is 1.94. The van der Waals surface area contributed by atoms with Gasteiger partial charge in [-0.2, -0.15) is 0 Å². The molecule has 2 atom stereocenters. The molecule has 0 saturated heterocycles. The molecule has 0 unspecified atom stereocenters. The lowest BCUT2D eigenvalue weighted by atomic mass is 10.00. The van der Waals surface area contributed by atoms with Gasteiger partial charge in [0.1, 0.15) is 12.1 Å². The van der Waals surface area contributed by atoms with E-state index >= 15 is 0 Å². The molecule has 0 aromatic heterocycles. The average molecular weight is 668 g/mol. The first-order valence-corrected chi connectivity index (χ1v) is 15.5. The minimum atomic E-state index is -1.44. The first-order valence-electron chi connectivity index (χ1n) is 15.5. The van der Waals surface area contributed by atoms with E-state index in [2.05, 4.69) is 31.9 Å². The Morgan fingerprint density at radius 2 is 1.19 bits per heavy atom. The third-order valence-electron chi connectivity index (χ3n) is 6.92. The molecular weight excluding hydrogens is 622 g/mol. The number of nitrogens with zero attached hydrogens (tertiary/aromatic N) is 1. The molecule has 0 fully saturated rings. The Morgan fingerprint density at radius 3 is 1.73 bits per heavy atom. The predicted octanol–water partition coefficient (Wildman–Crippen LogP) is -0.833. The van der Waals surface area contributed by atoms with Crippen molar-refractivity contribution in [2.75, 3.05) is 45.8 Å². The van der Waals surface area contributed by atoms with Crippen LogP contribution in [0, 0.1) is 0 Å². The maximum absolute atomic E-state index is 13.2. The Labute approximate surface area is 279 Å². The number of amides is 6. The van der Waals surface area contributed by atoms with Gasteiger partial charge in [-0.15, -0.1) is 0 Å². The van der Waals surface area contributed by atoms with E-state index < -0.39 is 42.2 Å². The van der Waals surface area contributed by atoms with Crippen molar-refractivity contribution < 1.29 is 38.7 Å². The molecule has 0 aliphatic carbocycles. The van der Waals surface area contributed by atoms with Crippen molar-refractivity contribution >= 4 is 41.4 Å².